The zero-order valence-corrected chi connectivity index (χ0v) is 13.6. The Labute approximate surface area is 140 Å². The number of aromatic nitrogens is 2. The number of nitrogens with two attached hydrogens (primary N) is 1. The SMILES string of the molecule is CC(NC(=O)[C@@H]1CC[C@H](CN)O1)c1noc(Cc2ccccc2)n1. The number of hydrogen-bond donors (Lipinski definition) is 2. The molecular weight excluding hydrogens is 308 g/mol. The molecule has 0 radical (unpaired) electrons. The summed E-state index contributed by atoms with van der Waals surface area (Å²) in [6.07, 6.45) is 1.59. The van der Waals surface area contributed by atoms with Crippen molar-refractivity contribution in [3.05, 3.63) is 47.6 Å². The van der Waals surface area contributed by atoms with Gasteiger partial charge in [0.25, 0.3) is 0 Å². The Morgan fingerprint density at radius 1 is 1.38 bits per heavy atom. The Kier molecular flexibility index (Phi) is 5.22. The van der Waals surface area contributed by atoms with Crippen molar-refractivity contribution >= 4 is 5.91 Å². The van der Waals surface area contributed by atoms with Crippen molar-refractivity contribution in [1.82, 2.24) is 15.5 Å². The second kappa shape index (κ2) is 7.55. The molecule has 0 aliphatic carbocycles. The first kappa shape index (κ1) is 16.6. The van der Waals surface area contributed by atoms with Crippen LogP contribution in [0.15, 0.2) is 34.9 Å². The topological polar surface area (TPSA) is 103 Å². The molecule has 1 saturated heterocycles. The number of amides is 1. The number of ether oxygens (including phenoxy) is 1. The van der Waals surface area contributed by atoms with Crippen molar-refractivity contribution in [2.24, 2.45) is 5.73 Å². The van der Waals surface area contributed by atoms with Crippen LogP contribution in [0.4, 0.5) is 0 Å². The molecule has 1 amide bonds. The predicted molar refractivity (Wildman–Crippen MR) is 87.1 cm³/mol. The molecule has 3 rings (SSSR count). The summed E-state index contributed by atoms with van der Waals surface area (Å²) in [4.78, 5) is 16.6. The Bertz CT molecular complexity index is 673. The highest BCUT2D eigenvalue weighted by molar-refractivity contribution is 5.81. The Morgan fingerprint density at radius 2 is 2.17 bits per heavy atom. The molecule has 1 unspecified atom stereocenters. The second-order valence-corrected chi connectivity index (χ2v) is 6.00. The Hall–Kier alpha value is -2.25. The first-order chi connectivity index (χ1) is 11.7. The van der Waals surface area contributed by atoms with Gasteiger partial charge in [0.05, 0.1) is 18.6 Å². The molecule has 0 saturated carbocycles. The highest BCUT2D eigenvalue weighted by atomic mass is 16.5. The maximum atomic E-state index is 12.2. The van der Waals surface area contributed by atoms with Crippen LogP contribution in [0.3, 0.4) is 0 Å². The van der Waals surface area contributed by atoms with E-state index in [1.54, 1.807) is 0 Å². The van der Waals surface area contributed by atoms with Gasteiger partial charge in [0, 0.05) is 6.54 Å². The summed E-state index contributed by atoms with van der Waals surface area (Å²) in [6.45, 7) is 2.26. The van der Waals surface area contributed by atoms with Crippen LogP contribution in [-0.2, 0) is 16.0 Å². The van der Waals surface area contributed by atoms with Gasteiger partial charge in [-0.2, -0.15) is 4.98 Å². The van der Waals surface area contributed by atoms with Crippen molar-refractivity contribution in [2.45, 2.75) is 44.4 Å². The fraction of sp³-hybridized carbons (Fsp3) is 0.471. The van der Waals surface area contributed by atoms with Gasteiger partial charge in [-0.05, 0) is 25.3 Å². The van der Waals surface area contributed by atoms with E-state index in [2.05, 4.69) is 15.5 Å². The lowest BCUT2D eigenvalue weighted by atomic mass is 10.1. The zero-order chi connectivity index (χ0) is 16.9. The van der Waals surface area contributed by atoms with Crippen LogP contribution >= 0.6 is 0 Å². The number of nitrogens with one attached hydrogen (secondary N) is 1. The van der Waals surface area contributed by atoms with Crippen molar-refractivity contribution in [2.75, 3.05) is 6.54 Å². The first-order valence-corrected chi connectivity index (χ1v) is 8.18. The number of rotatable bonds is 6. The van der Waals surface area contributed by atoms with Crippen molar-refractivity contribution < 1.29 is 14.1 Å². The Balaban J connectivity index is 1.56. The van der Waals surface area contributed by atoms with Crippen LogP contribution in [0.1, 0.15) is 43.1 Å². The number of carbonyl (C=O) groups excluding carboxylic acids is 1. The van der Waals surface area contributed by atoms with Gasteiger partial charge in [-0.1, -0.05) is 35.5 Å². The third-order valence-corrected chi connectivity index (χ3v) is 4.09. The third-order valence-electron chi connectivity index (χ3n) is 4.09. The summed E-state index contributed by atoms with van der Waals surface area (Å²) in [5.41, 5.74) is 6.66. The summed E-state index contributed by atoms with van der Waals surface area (Å²) >= 11 is 0. The van der Waals surface area contributed by atoms with E-state index in [4.69, 9.17) is 15.0 Å². The maximum Gasteiger partial charge on any atom is 0.249 e. The van der Waals surface area contributed by atoms with Gasteiger partial charge in [-0.3, -0.25) is 4.79 Å². The van der Waals surface area contributed by atoms with Crippen LogP contribution in [0.5, 0.6) is 0 Å². The highest BCUT2D eigenvalue weighted by Gasteiger charge is 2.31. The Morgan fingerprint density at radius 3 is 2.88 bits per heavy atom. The predicted octanol–water partition coefficient (Wildman–Crippen LogP) is 1.34. The number of carbonyl (C=O) groups is 1. The van der Waals surface area contributed by atoms with Gasteiger partial charge in [0.2, 0.25) is 11.8 Å². The minimum atomic E-state index is -0.448. The smallest absolute Gasteiger partial charge is 0.249 e. The quantitative estimate of drug-likeness (QED) is 0.828. The van der Waals surface area contributed by atoms with Gasteiger partial charge in [0.1, 0.15) is 6.10 Å². The fourth-order valence-electron chi connectivity index (χ4n) is 2.73. The van der Waals surface area contributed by atoms with Crippen LogP contribution in [0.2, 0.25) is 0 Å². The van der Waals surface area contributed by atoms with Crippen molar-refractivity contribution in [1.29, 1.82) is 0 Å². The first-order valence-electron chi connectivity index (χ1n) is 8.18. The van der Waals surface area contributed by atoms with E-state index >= 15 is 0 Å². The standard InChI is InChI=1S/C17H22N4O3/c1-11(19-17(22)14-8-7-13(10-18)23-14)16-20-15(24-21-16)9-12-5-3-2-4-6-12/h2-6,11,13-14H,7-10,18H2,1H3,(H,19,22)/t11?,13-,14+/m1/s1. The zero-order valence-electron chi connectivity index (χ0n) is 13.6. The molecule has 7 heteroatoms. The lowest BCUT2D eigenvalue weighted by molar-refractivity contribution is -0.132. The summed E-state index contributed by atoms with van der Waals surface area (Å²) < 4.78 is 10.9. The minimum Gasteiger partial charge on any atom is -0.364 e. The number of benzene rings is 1. The second-order valence-electron chi connectivity index (χ2n) is 6.00. The van der Waals surface area contributed by atoms with Crippen LogP contribution in [0.25, 0.3) is 0 Å². The molecule has 3 atom stereocenters. The monoisotopic (exact) mass is 330 g/mol. The molecule has 1 aliphatic heterocycles. The van der Waals surface area contributed by atoms with Crippen LogP contribution < -0.4 is 11.1 Å². The molecule has 128 valence electrons. The van der Waals surface area contributed by atoms with Gasteiger partial charge < -0.3 is 20.3 Å². The average Bonchev–Trinajstić information content (AvgIpc) is 3.25. The van der Waals surface area contributed by atoms with Crippen molar-refractivity contribution in [3.8, 4) is 0 Å². The molecule has 1 aromatic heterocycles. The van der Waals surface area contributed by atoms with Crippen molar-refractivity contribution in [3.63, 3.8) is 0 Å². The summed E-state index contributed by atoms with van der Waals surface area (Å²) in [6, 6.07) is 9.55. The molecule has 1 aromatic carbocycles. The van der Waals surface area contributed by atoms with E-state index in [1.807, 2.05) is 37.3 Å². The highest BCUT2D eigenvalue weighted by Crippen LogP contribution is 2.20. The molecule has 7 nitrogen and oxygen atoms in total. The lowest BCUT2D eigenvalue weighted by Crippen LogP contribution is -2.37. The lowest BCUT2D eigenvalue weighted by Gasteiger charge is -2.15. The molecular formula is C17H22N4O3. The van der Waals surface area contributed by atoms with Gasteiger partial charge in [-0.15, -0.1) is 0 Å². The van der Waals surface area contributed by atoms with E-state index in [0.29, 0.717) is 31.1 Å². The summed E-state index contributed by atoms with van der Waals surface area (Å²) in [5.74, 6) is 0.827. The summed E-state index contributed by atoms with van der Waals surface area (Å²) in [7, 11) is 0. The third kappa shape index (κ3) is 3.98. The average molecular weight is 330 g/mol. The minimum absolute atomic E-state index is 0.0290. The van der Waals surface area contributed by atoms with Gasteiger partial charge in [0.15, 0.2) is 5.82 Å². The molecule has 0 spiro atoms. The molecule has 3 N–H and O–H groups in total. The van der Waals surface area contributed by atoms with E-state index in [9.17, 15) is 4.79 Å². The normalized spacial score (nSPS) is 21.6. The molecule has 24 heavy (non-hydrogen) atoms. The molecule has 1 aliphatic rings. The fourth-order valence-corrected chi connectivity index (χ4v) is 2.73. The van der Waals surface area contributed by atoms with Gasteiger partial charge >= 0.3 is 0 Å². The molecule has 2 heterocycles. The van der Waals surface area contributed by atoms with E-state index in [-0.39, 0.29) is 18.1 Å². The van der Waals surface area contributed by atoms with Crippen LogP contribution in [-0.4, -0.2) is 34.8 Å². The number of hydrogen-bond acceptors (Lipinski definition) is 6. The maximum absolute atomic E-state index is 12.2. The van der Waals surface area contributed by atoms with E-state index in [0.717, 1.165) is 12.0 Å². The molecule has 1 fully saturated rings. The number of nitrogens with zero attached hydrogens (tertiary/aromatic N) is 2. The van der Waals surface area contributed by atoms with E-state index in [1.165, 1.54) is 0 Å². The molecule has 2 aromatic rings. The van der Waals surface area contributed by atoms with Gasteiger partial charge in [-0.25, -0.2) is 0 Å². The van der Waals surface area contributed by atoms with E-state index < -0.39 is 6.10 Å². The molecule has 0 bridgehead atoms. The van der Waals surface area contributed by atoms with Crippen LogP contribution in [0, 0.1) is 0 Å². The largest absolute Gasteiger partial charge is 0.364 e. The summed E-state index contributed by atoms with van der Waals surface area (Å²) in [5, 5.41) is 6.83.